The van der Waals surface area contributed by atoms with E-state index in [-0.39, 0.29) is 22.1 Å². The fourth-order valence-electron chi connectivity index (χ4n) is 2.73. The van der Waals surface area contributed by atoms with E-state index in [1.165, 1.54) is 18.2 Å². The number of nitrogens with zero attached hydrogens (tertiary/aromatic N) is 3. The normalized spacial score (nSPS) is 11.4. The number of benzene rings is 2. The Kier molecular flexibility index (Phi) is 6.88. The van der Waals surface area contributed by atoms with Crippen LogP contribution in [0.2, 0.25) is 0 Å². The van der Waals surface area contributed by atoms with Gasteiger partial charge in [-0.25, -0.2) is 12.8 Å². The number of halogens is 1. The van der Waals surface area contributed by atoms with Crippen LogP contribution in [0.3, 0.4) is 0 Å². The summed E-state index contributed by atoms with van der Waals surface area (Å²) in [5, 5.41) is 11.0. The van der Waals surface area contributed by atoms with E-state index in [0.717, 1.165) is 17.3 Å². The van der Waals surface area contributed by atoms with Gasteiger partial charge < -0.3 is 9.88 Å². The second kappa shape index (κ2) is 9.40. The number of nitrogens with one attached hydrogen (secondary N) is 1. The number of carbonyl (C=O) groups excluding carboxylic acids is 1. The number of sulfone groups is 1. The fourth-order valence-corrected chi connectivity index (χ4v) is 4.82. The number of rotatable bonds is 8. The van der Waals surface area contributed by atoms with E-state index < -0.39 is 21.6 Å². The molecule has 1 heterocycles. The van der Waals surface area contributed by atoms with E-state index in [0.29, 0.717) is 17.5 Å². The molecule has 0 aliphatic heterocycles. The van der Waals surface area contributed by atoms with Crippen LogP contribution in [0.4, 0.5) is 10.1 Å². The first-order valence-electron chi connectivity index (χ1n) is 9.19. The van der Waals surface area contributed by atoms with Crippen molar-refractivity contribution in [3.05, 3.63) is 65.7 Å². The third-order valence-electron chi connectivity index (χ3n) is 4.29. The molecule has 0 atom stereocenters. The van der Waals surface area contributed by atoms with Crippen molar-refractivity contribution in [2.45, 2.75) is 36.2 Å². The molecular weight excluding hydrogens is 427 g/mol. The third-order valence-corrected chi connectivity index (χ3v) is 6.88. The van der Waals surface area contributed by atoms with Gasteiger partial charge in [0.25, 0.3) is 0 Å². The van der Waals surface area contributed by atoms with E-state index in [1.807, 2.05) is 13.8 Å². The molecule has 3 aromatic rings. The number of hydrogen-bond acceptors (Lipinski definition) is 6. The van der Waals surface area contributed by atoms with Gasteiger partial charge in [0.2, 0.25) is 5.91 Å². The summed E-state index contributed by atoms with van der Waals surface area (Å²) in [6, 6.07) is 12.5. The molecule has 7 nitrogen and oxygen atoms in total. The van der Waals surface area contributed by atoms with Crippen molar-refractivity contribution < 1.29 is 17.6 Å². The monoisotopic (exact) mass is 448 g/mol. The van der Waals surface area contributed by atoms with Crippen molar-refractivity contribution in [3.63, 3.8) is 0 Å². The Balaban J connectivity index is 1.69. The van der Waals surface area contributed by atoms with Crippen LogP contribution in [-0.2, 0) is 26.9 Å². The van der Waals surface area contributed by atoms with Crippen LogP contribution in [0.15, 0.2) is 58.6 Å². The van der Waals surface area contributed by atoms with Gasteiger partial charge in [-0.15, -0.1) is 10.2 Å². The second-order valence-corrected chi connectivity index (χ2v) is 9.46. The van der Waals surface area contributed by atoms with Crippen LogP contribution in [0.1, 0.15) is 18.3 Å². The Morgan fingerprint density at radius 2 is 1.83 bits per heavy atom. The van der Waals surface area contributed by atoms with Gasteiger partial charge in [0.15, 0.2) is 15.0 Å². The predicted molar refractivity (Wildman–Crippen MR) is 114 cm³/mol. The fraction of sp³-hybridized carbons (Fsp3) is 0.250. The minimum absolute atomic E-state index is 0.0167. The van der Waals surface area contributed by atoms with Crippen molar-refractivity contribution in [1.29, 1.82) is 0 Å². The quantitative estimate of drug-likeness (QED) is 0.531. The lowest BCUT2D eigenvalue weighted by atomic mass is 10.2. The first kappa shape index (κ1) is 22.0. The molecule has 30 heavy (non-hydrogen) atoms. The molecule has 158 valence electrons. The van der Waals surface area contributed by atoms with E-state index in [2.05, 4.69) is 15.5 Å². The lowest BCUT2D eigenvalue weighted by Crippen LogP contribution is -2.16. The Labute approximate surface area is 178 Å². The molecule has 10 heteroatoms. The maximum Gasteiger partial charge on any atom is 0.234 e. The Morgan fingerprint density at radius 3 is 2.50 bits per heavy atom. The van der Waals surface area contributed by atoms with Crippen molar-refractivity contribution in [3.8, 4) is 0 Å². The van der Waals surface area contributed by atoms with Gasteiger partial charge in [0.1, 0.15) is 17.4 Å². The summed E-state index contributed by atoms with van der Waals surface area (Å²) in [5.74, 6) is -0.924. The van der Waals surface area contributed by atoms with E-state index >= 15 is 0 Å². The Bertz CT molecular complexity index is 1150. The molecule has 0 spiro atoms. The molecule has 0 saturated carbocycles. The molecule has 0 saturated heterocycles. The molecule has 0 aliphatic carbocycles. The summed E-state index contributed by atoms with van der Waals surface area (Å²) in [5.41, 5.74) is 1.07. The molecule has 1 amide bonds. The van der Waals surface area contributed by atoms with Gasteiger partial charge in [-0.3, -0.25) is 4.79 Å². The second-order valence-electron chi connectivity index (χ2n) is 6.53. The molecule has 1 N–H and O–H groups in total. The largest absolute Gasteiger partial charge is 0.323 e. The lowest BCUT2D eigenvalue weighted by molar-refractivity contribution is -0.113. The summed E-state index contributed by atoms with van der Waals surface area (Å²) in [6.45, 7) is 4.17. The van der Waals surface area contributed by atoms with Crippen LogP contribution in [0.5, 0.6) is 0 Å². The third kappa shape index (κ3) is 5.25. The molecule has 0 bridgehead atoms. The molecule has 3 rings (SSSR count). The molecule has 0 fully saturated rings. The van der Waals surface area contributed by atoms with E-state index in [1.54, 1.807) is 34.9 Å². The van der Waals surface area contributed by atoms with Crippen molar-refractivity contribution >= 4 is 33.2 Å². The summed E-state index contributed by atoms with van der Waals surface area (Å²) in [4.78, 5) is 12.4. The highest BCUT2D eigenvalue weighted by Crippen LogP contribution is 2.22. The van der Waals surface area contributed by atoms with E-state index in [4.69, 9.17) is 0 Å². The van der Waals surface area contributed by atoms with Gasteiger partial charge in [0.05, 0.1) is 16.3 Å². The number of anilines is 1. The Hall–Kier alpha value is -2.72. The van der Waals surface area contributed by atoms with Gasteiger partial charge >= 0.3 is 0 Å². The van der Waals surface area contributed by atoms with Gasteiger partial charge in [0, 0.05) is 6.54 Å². The highest BCUT2D eigenvalue weighted by Gasteiger charge is 2.21. The minimum Gasteiger partial charge on any atom is -0.323 e. The zero-order chi connectivity index (χ0) is 21.7. The van der Waals surface area contributed by atoms with Crippen molar-refractivity contribution in [1.82, 2.24) is 14.8 Å². The average molecular weight is 449 g/mol. The number of amides is 1. The number of aryl methyl sites for hydroxylation is 1. The number of para-hydroxylation sites is 1. The number of carbonyl (C=O) groups is 1. The zero-order valence-electron chi connectivity index (χ0n) is 16.5. The van der Waals surface area contributed by atoms with Crippen LogP contribution in [0.25, 0.3) is 0 Å². The molecule has 2 aromatic carbocycles. The summed E-state index contributed by atoms with van der Waals surface area (Å²) >= 11 is 1.11. The van der Waals surface area contributed by atoms with E-state index in [9.17, 15) is 17.6 Å². The van der Waals surface area contributed by atoms with Gasteiger partial charge in [-0.1, -0.05) is 41.6 Å². The first-order valence-corrected chi connectivity index (χ1v) is 11.8. The maximum atomic E-state index is 13.6. The maximum absolute atomic E-state index is 13.6. The molecular formula is C20H21FN4O3S2. The molecule has 0 unspecified atom stereocenters. The first-order chi connectivity index (χ1) is 14.3. The van der Waals surface area contributed by atoms with Crippen LogP contribution >= 0.6 is 11.8 Å². The summed E-state index contributed by atoms with van der Waals surface area (Å²) in [6.07, 6.45) is 0. The number of thioether (sulfide) groups is 1. The van der Waals surface area contributed by atoms with Crippen LogP contribution in [-0.4, -0.2) is 34.8 Å². The lowest BCUT2D eigenvalue weighted by Gasteiger charge is -2.09. The molecule has 0 aliphatic rings. The highest BCUT2D eigenvalue weighted by atomic mass is 32.2. The zero-order valence-corrected chi connectivity index (χ0v) is 18.1. The minimum atomic E-state index is -3.58. The standard InChI is InChI=1S/C20H21FN4O3S2/c1-3-25-18(13-30(27,28)15-10-8-14(2)9-11-15)23-24-20(25)29-12-19(26)22-17-7-5-4-6-16(17)21/h4-11H,3,12-13H2,1-2H3,(H,22,26). The molecule has 0 radical (unpaired) electrons. The number of hydrogen-bond donors (Lipinski definition) is 1. The van der Waals surface area contributed by atoms with Crippen LogP contribution in [0, 0.1) is 12.7 Å². The molecule has 1 aromatic heterocycles. The van der Waals surface area contributed by atoms with Crippen molar-refractivity contribution in [2.75, 3.05) is 11.1 Å². The predicted octanol–water partition coefficient (Wildman–Crippen LogP) is 3.45. The summed E-state index contributed by atoms with van der Waals surface area (Å²) in [7, 11) is -3.58. The van der Waals surface area contributed by atoms with Gasteiger partial charge in [-0.2, -0.15) is 0 Å². The number of aromatic nitrogens is 3. The van der Waals surface area contributed by atoms with Crippen molar-refractivity contribution in [2.24, 2.45) is 0 Å². The Morgan fingerprint density at radius 1 is 1.13 bits per heavy atom. The average Bonchev–Trinajstić information content (AvgIpc) is 3.09. The van der Waals surface area contributed by atoms with Crippen LogP contribution < -0.4 is 5.32 Å². The highest BCUT2D eigenvalue weighted by molar-refractivity contribution is 7.99. The smallest absolute Gasteiger partial charge is 0.234 e. The SMILES string of the molecule is CCn1c(CS(=O)(=O)c2ccc(C)cc2)nnc1SCC(=O)Nc1ccccc1F. The summed E-state index contributed by atoms with van der Waals surface area (Å²) < 4.78 is 40.7. The topological polar surface area (TPSA) is 93.9 Å². The van der Waals surface area contributed by atoms with Gasteiger partial charge in [-0.05, 0) is 38.1 Å².